The Labute approximate surface area is 124 Å². The van der Waals surface area contributed by atoms with Crippen molar-refractivity contribution >= 4 is 10.1 Å². The van der Waals surface area contributed by atoms with Gasteiger partial charge in [-0.15, -0.1) is 0 Å². The van der Waals surface area contributed by atoms with Gasteiger partial charge >= 0.3 is 88.2 Å². The summed E-state index contributed by atoms with van der Waals surface area (Å²) in [6.45, 7) is 1.86. The minimum absolute atomic E-state index is 0.0758. The van der Waals surface area contributed by atoms with Gasteiger partial charge in [0, 0.05) is 0 Å². The summed E-state index contributed by atoms with van der Waals surface area (Å²) >= 11 is -1.70. The summed E-state index contributed by atoms with van der Waals surface area (Å²) in [5.74, 6) is 0. The molecule has 4 nitrogen and oxygen atoms in total. The molecule has 0 atom stereocenters. The molecule has 0 radical (unpaired) electrons. The molecule has 0 spiro atoms. The summed E-state index contributed by atoms with van der Waals surface area (Å²) in [6.07, 6.45) is 0. The fourth-order valence-electron chi connectivity index (χ4n) is 1.16. The third-order valence-electron chi connectivity index (χ3n) is 2.09. The molecule has 0 amide bonds. The van der Waals surface area contributed by atoms with Crippen LogP contribution < -0.4 is 22.0 Å². The average molecular weight is 393 g/mol. The normalized spacial score (nSPS) is 10.6. The Balaban J connectivity index is 0.000000250. The first-order valence-corrected chi connectivity index (χ1v) is 8.60. The van der Waals surface area contributed by atoms with Crippen molar-refractivity contribution < 1.29 is 36.4 Å². The number of halogens is 1. The van der Waals surface area contributed by atoms with Gasteiger partial charge in [-0.05, 0) is 0 Å². The van der Waals surface area contributed by atoms with E-state index in [2.05, 4.69) is 2.51 Å². The van der Waals surface area contributed by atoms with E-state index in [1.54, 1.807) is 12.1 Å². The molecular formula is C13H14IO4S-. The standard InChI is InChI=1S/C7H8IO4S.C6H6/c1-6-2-4-7(5-3-6)13(10,11)12-8-9;1-2-4-6-5-3-1/h2-5,9H,1H3;1-6H/q-1;. The molecule has 2 rings (SSSR count). The molecule has 0 heterocycles. The molecular weight excluding hydrogens is 379 g/mol. The maximum Gasteiger partial charge on any atom is -0.0623 e. The van der Waals surface area contributed by atoms with Crippen LogP contribution in [0.25, 0.3) is 0 Å². The predicted molar refractivity (Wildman–Crippen MR) is 68.1 cm³/mol. The first-order chi connectivity index (χ1) is 9.06. The number of hydrogen-bond donors (Lipinski definition) is 1. The molecule has 0 fully saturated rings. The smallest absolute Gasteiger partial charge is 0.0623 e. The topological polar surface area (TPSA) is 63.6 Å². The van der Waals surface area contributed by atoms with E-state index >= 15 is 0 Å². The van der Waals surface area contributed by atoms with E-state index in [0.717, 1.165) is 5.56 Å². The zero-order chi connectivity index (χ0) is 14.1. The first-order valence-electron chi connectivity index (χ1n) is 5.35. The van der Waals surface area contributed by atoms with Crippen LogP contribution in [0.2, 0.25) is 0 Å². The molecule has 0 saturated heterocycles. The maximum absolute atomic E-state index is 11.2. The van der Waals surface area contributed by atoms with Gasteiger partial charge < -0.3 is 0 Å². The van der Waals surface area contributed by atoms with Crippen molar-refractivity contribution in [1.82, 2.24) is 0 Å². The Hall–Kier alpha value is -0.960. The second kappa shape index (κ2) is 8.26. The van der Waals surface area contributed by atoms with Gasteiger partial charge in [0.05, 0.1) is 0 Å². The molecule has 2 aromatic carbocycles. The van der Waals surface area contributed by atoms with Crippen molar-refractivity contribution in [1.29, 1.82) is 0 Å². The zero-order valence-electron chi connectivity index (χ0n) is 10.2. The van der Waals surface area contributed by atoms with E-state index in [4.69, 9.17) is 3.44 Å². The van der Waals surface area contributed by atoms with Crippen LogP contribution in [0.15, 0.2) is 65.6 Å². The van der Waals surface area contributed by atoms with E-state index in [1.165, 1.54) is 12.1 Å². The van der Waals surface area contributed by atoms with Gasteiger partial charge in [0.2, 0.25) is 0 Å². The molecule has 0 aliphatic heterocycles. The van der Waals surface area contributed by atoms with Gasteiger partial charge in [0.25, 0.3) is 0 Å². The van der Waals surface area contributed by atoms with E-state index in [1.807, 2.05) is 43.3 Å². The SMILES string of the molecule is Cc1ccc(S(=O)(=O)O[I-]O)cc1.c1ccccc1. The van der Waals surface area contributed by atoms with Gasteiger partial charge in [-0.2, -0.15) is 0 Å². The summed E-state index contributed by atoms with van der Waals surface area (Å²) in [7, 11) is -3.73. The van der Waals surface area contributed by atoms with Gasteiger partial charge in [0.15, 0.2) is 0 Å². The van der Waals surface area contributed by atoms with Crippen LogP contribution in [0.3, 0.4) is 0 Å². The molecule has 0 aromatic heterocycles. The van der Waals surface area contributed by atoms with Crippen LogP contribution in [0, 0.1) is 6.92 Å². The minimum Gasteiger partial charge on any atom is -0.0623 e. The Bertz CT molecular complexity index is 541. The van der Waals surface area contributed by atoms with Crippen molar-refractivity contribution in [3.8, 4) is 0 Å². The third-order valence-corrected chi connectivity index (χ3v) is 5.06. The second-order valence-corrected chi connectivity index (χ2v) is 6.53. The molecule has 19 heavy (non-hydrogen) atoms. The van der Waals surface area contributed by atoms with Gasteiger partial charge in [-0.3, -0.25) is 0 Å². The fourth-order valence-corrected chi connectivity index (χ4v) is 3.04. The van der Waals surface area contributed by atoms with Crippen LogP contribution in [-0.4, -0.2) is 11.9 Å². The fraction of sp³-hybridized carbons (Fsp3) is 0.0769. The van der Waals surface area contributed by atoms with Gasteiger partial charge in [-0.1, -0.05) is 36.4 Å². The van der Waals surface area contributed by atoms with Crippen molar-refractivity contribution in [2.45, 2.75) is 11.8 Å². The number of rotatable bonds is 3. The van der Waals surface area contributed by atoms with Crippen LogP contribution in [-0.2, 0) is 12.6 Å². The minimum atomic E-state index is -3.73. The predicted octanol–water partition coefficient (Wildman–Crippen LogP) is -0.702. The Morgan fingerprint density at radius 1 is 0.947 bits per heavy atom. The van der Waals surface area contributed by atoms with Crippen molar-refractivity contribution in [2.24, 2.45) is 0 Å². The van der Waals surface area contributed by atoms with Crippen LogP contribution in [0.5, 0.6) is 0 Å². The molecule has 0 saturated carbocycles. The van der Waals surface area contributed by atoms with Gasteiger partial charge in [0.1, 0.15) is 0 Å². The molecule has 0 bridgehead atoms. The summed E-state index contributed by atoms with van der Waals surface area (Å²) < 4.78 is 35.1. The largest absolute Gasteiger partial charge is 0.0623 e. The van der Waals surface area contributed by atoms with Crippen molar-refractivity contribution in [2.75, 3.05) is 0 Å². The third kappa shape index (κ3) is 6.15. The molecule has 1 N–H and O–H groups in total. The summed E-state index contributed by atoms with van der Waals surface area (Å²) in [4.78, 5) is 0.0758. The molecule has 2 aromatic rings. The van der Waals surface area contributed by atoms with E-state index in [0.29, 0.717) is 0 Å². The number of hydrogen-bond acceptors (Lipinski definition) is 4. The Morgan fingerprint density at radius 2 is 1.37 bits per heavy atom. The van der Waals surface area contributed by atoms with Crippen molar-refractivity contribution in [3.63, 3.8) is 0 Å². The summed E-state index contributed by atoms with van der Waals surface area (Å²) in [5.41, 5.74) is 0.970. The van der Waals surface area contributed by atoms with Crippen LogP contribution >= 0.6 is 0 Å². The first kappa shape index (κ1) is 16.1. The monoisotopic (exact) mass is 393 g/mol. The van der Waals surface area contributed by atoms with E-state index in [-0.39, 0.29) is 4.90 Å². The van der Waals surface area contributed by atoms with Crippen molar-refractivity contribution in [3.05, 3.63) is 66.2 Å². The summed E-state index contributed by atoms with van der Waals surface area (Å²) in [6, 6.07) is 18.2. The van der Waals surface area contributed by atoms with E-state index in [9.17, 15) is 8.42 Å². The quantitative estimate of drug-likeness (QED) is 0.701. The average Bonchev–Trinajstić information content (AvgIpc) is 2.42. The van der Waals surface area contributed by atoms with E-state index < -0.39 is 32.2 Å². The van der Waals surface area contributed by atoms with Gasteiger partial charge in [-0.25, -0.2) is 0 Å². The Kier molecular flexibility index (Phi) is 7.00. The molecule has 104 valence electrons. The second-order valence-electron chi connectivity index (χ2n) is 3.55. The zero-order valence-corrected chi connectivity index (χ0v) is 13.2. The molecule has 0 aliphatic carbocycles. The summed E-state index contributed by atoms with van der Waals surface area (Å²) in [5, 5.41) is 0. The van der Waals surface area contributed by atoms with Crippen LogP contribution in [0.1, 0.15) is 5.56 Å². The van der Waals surface area contributed by atoms with Crippen LogP contribution in [0.4, 0.5) is 0 Å². The molecule has 0 aliphatic rings. The molecule has 0 unspecified atom stereocenters. The number of benzene rings is 2. The molecule has 6 heteroatoms. The number of aryl methyl sites for hydroxylation is 1. The maximum atomic E-state index is 11.2. The Morgan fingerprint density at radius 3 is 1.74 bits per heavy atom.